The van der Waals surface area contributed by atoms with Gasteiger partial charge >= 0.3 is 12.5 Å². The van der Waals surface area contributed by atoms with E-state index >= 15 is 0 Å². The van der Waals surface area contributed by atoms with Gasteiger partial charge in [0.2, 0.25) is 0 Å². The van der Waals surface area contributed by atoms with Crippen molar-refractivity contribution in [2.24, 2.45) is 23.7 Å². The maximum absolute atomic E-state index is 14.7. The monoisotopic (exact) mass is 482 g/mol. The van der Waals surface area contributed by atoms with Gasteiger partial charge in [-0.1, -0.05) is 25.7 Å². The molecule has 4 nitrogen and oxygen atoms in total. The number of benzene rings is 1. The van der Waals surface area contributed by atoms with Gasteiger partial charge in [-0.05, 0) is 43.7 Å². The Balaban J connectivity index is 1.26. The summed E-state index contributed by atoms with van der Waals surface area (Å²) in [5, 5.41) is 0. The van der Waals surface area contributed by atoms with Crippen molar-refractivity contribution in [1.29, 1.82) is 0 Å². The second kappa shape index (κ2) is 9.90. The lowest BCUT2D eigenvalue weighted by Crippen LogP contribution is -2.43. The fourth-order valence-electron chi connectivity index (χ4n) is 5.23. The molecule has 10 heteroatoms. The molecule has 0 atom stereocenters. The highest BCUT2D eigenvalue weighted by atomic mass is 19.4. The van der Waals surface area contributed by atoms with Gasteiger partial charge in [-0.15, -0.1) is 13.2 Å². The van der Waals surface area contributed by atoms with Gasteiger partial charge in [-0.2, -0.15) is 8.78 Å². The lowest BCUT2D eigenvalue weighted by molar-refractivity contribution is -0.275. The van der Waals surface area contributed by atoms with E-state index in [4.69, 9.17) is 9.47 Å². The van der Waals surface area contributed by atoms with Crippen molar-refractivity contribution in [2.45, 2.75) is 70.1 Å². The number of hydrogen-bond acceptors (Lipinski definition) is 4. The lowest BCUT2D eigenvalue weighted by atomic mass is 9.80. The van der Waals surface area contributed by atoms with Crippen LogP contribution in [0.1, 0.15) is 51.4 Å². The Bertz CT molecular complexity index is 780. The SMILES string of the molecule is Fc1cc(OC(F)(F)C2CCC(C3OCC(C4CCCC4)CO3)CC2)ccc1OC(F)(F)F. The number of rotatable bonds is 6. The molecule has 1 saturated heterocycles. The van der Waals surface area contributed by atoms with Gasteiger partial charge < -0.3 is 18.9 Å². The Morgan fingerprint density at radius 1 is 0.758 bits per heavy atom. The molecule has 2 aliphatic carbocycles. The van der Waals surface area contributed by atoms with Crippen LogP contribution in [0.15, 0.2) is 18.2 Å². The summed E-state index contributed by atoms with van der Waals surface area (Å²) in [6, 6.07) is 1.90. The van der Waals surface area contributed by atoms with E-state index in [2.05, 4.69) is 9.47 Å². The fraction of sp³-hybridized carbons (Fsp3) is 0.739. The molecule has 1 heterocycles. The summed E-state index contributed by atoms with van der Waals surface area (Å²) < 4.78 is 99.9. The average molecular weight is 482 g/mol. The smallest absolute Gasteiger partial charge is 0.432 e. The van der Waals surface area contributed by atoms with Crippen LogP contribution in [0.4, 0.5) is 26.3 Å². The maximum Gasteiger partial charge on any atom is 0.573 e. The minimum Gasteiger partial charge on any atom is -0.432 e. The minimum absolute atomic E-state index is 0.0258. The number of halogens is 6. The summed E-state index contributed by atoms with van der Waals surface area (Å²) in [6.45, 7) is 1.29. The normalized spacial score (nSPS) is 29.8. The Labute approximate surface area is 188 Å². The Morgan fingerprint density at radius 3 is 1.97 bits per heavy atom. The van der Waals surface area contributed by atoms with E-state index in [0.29, 0.717) is 50.0 Å². The minimum atomic E-state index is -5.09. The van der Waals surface area contributed by atoms with Crippen molar-refractivity contribution in [3.63, 3.8) is 0 Å². The summed E-state index contributed by atoms with van der Waals surface area (Å²) in [4.78, 5) is 0. The quantitative estimate of drug-likeness (QED) is 0.424. The van der Waals surface area contributed by atoms with Gasteiger partial charge in [0.25, 0.3) is 0 Å². The van der Waals surface area contributed by atoms with E-state index < -0.39 is 35.7 Å². The topological polar surface area (TPSA) is 36.9 Å². The third kappa shape index (κ3) is 6.26. The van der Waals surface area contributed by atoms with Crippen molar-refractivity contribution < 1.29 is 45.3 Å². The summed E-state index contributed by atoms with van der Waals surface area (Å²) in [7, 11) is 0. The second-order valence-electron chi connectivity index (χ2n) is 9.26. The van der Waals surface area contributed by atoms with E-state index in [9.17, 15) is 26.3 Å². The van der Waals surface area contributed by atoms with Gasteiger partial charge in [0.1, 0.15) is 5.75 Å². The molecule has 1 aromatic carbocycles. The van der Waals surface area contributed by atoms with Crippen LogP contribution in [0.25, 0.3) is 0 Å². The molecule has 0 spiro atoms. The van der Waals surface area contributed by atoms with Crippen LogP contribution in [-0.2, 0) is 9.47 Å². The predicted octanol–water partition coefficient (Wildman–Crippen LogP) is 6.68. The number of hydrogen-bond donors (Lipinski definition) is 0. The van der Waals surface area contributed by atoms with Crippen molar-refractivity contribution >= 4 is 0 Å². The number of alkyl halides is 5. The summed E-state index contributed by atoms with van der Waals surface area (Å²) in [6.07, 6.45) is -2.82. The van der Waals surface area contributed by atoms with Gasteiger partial charge in [-0.25, -0.2) is 4.39 Å². The molecule has 1 aliphatic heterocycles. The van der Waals surface area contributed by atoms with Crippen LogP contribution < -0.4 is 9.47 Å². The predicted molar refractivity (Wildman–Crippen MR) is 105 cm³/mol. The van der Waals surface area contributed by atoms with E-state index in [0.717, 1.165) is 6.07 Å². The zero-order valence-corrected chi connectivity index (χ0v) is 18.1. The van der Waals surface area contributed by atoms with Crippen molar-refractivity contribution in [2.75, 3.05) is 13.2 Å². The number of ether oxygens (including phenoxy) is 4. The molecule has 33 heavy (non-hydrogen) atoms. The van der Waals surface area contributed by atoms with E-state index in [1.165, 1.54) is 25.7 Å². The van der Waals surface area contributed by atoms with Crippen molar-refractivity contribution in [1.82, 2.24) is 0 Å². The molecule has 186 valence electrons. The molecule has 0 aromatic heterocycles. The fourth-order valence-corrected chi connectivity index (χ4v) is 5.23. The highest BCUT2D eigenvalue weighted by molar-refractivity contribution is 5.33. The lowest BCUT2D eigenvalue weighted by Gasteiger charge is -2.40. The molecule has 1 aromatic rings. The van der Waals surface area contributed by atoms with Crippen LogP contribution >= 0.6 is 0 Å². The highest BCUT2D eigenvalue weighted by Gasteiger charge is 2.46. The summed E-state index contributed by atoms with van der Waals surface area (Å²) >= 11 is 0. The van der Waals surface area contributed by atoms with Gasteiger partial charge in [0.15, 0.2) is 17.9 Å². The molecular weight excluding hydrogens is 454 g/mol. The second-order valence-corrected chi connectivity index (χ2v) is 9.26. The van der Waals surface area contributed by atoms with E-state index in [1.807, 2.05) is 0 Å². The largest absolute Gasteiger partial charge is 0.573 e. The van der Waals surface area contributed by atoms with Crippen LogP contribution in [0, 0.1) is 29.5 Å². The molecule has 3 fully saturated rings. The Morgan fingerprint density at radius 2 is 1.39 bits per heavy atom. The molecular formula is C23H28F6O4. The van der Waals surface area contributed by atoms with Crippen molar-refractivity contribution in [3.05, 3.63) is 24.0 Å². The molecule has 0 amide bonds. The first-order chi connectivity index (χ1) is 15.6. The van der Waals surface area contributed by atoms with Gasteiger partial charge in [0, 0.05) is 17.9 Å². The Hall–Kier alpha value is -1.68. The standard InChI is InChI=1S/C23H28F6O4/c24-19-11-18(9-10-20(19)33-23(27,28)29)32-22(25,26)17-7-5-15(6-8-17)21-30-12-16(13-31-21)14-3-1-2-4-14/h9-11,14-17,21H,1-8,12-13H2. The molecule has 0 unspecified atom stereocenters. The third-order valence-electron chi connectivity index (χ3n) is 7.03. The van der Waals surface area contributed by atoms with Crippen LogP contribution in [0.5, 0.6) is 11.5 Å². The average Bonchev–Trinajstić information content (AvgIpc) is 3.30. The van der Waals surface area contributed by atoms with Crippen LogP contribution in [-0.4, -0.2) is 32.0 Å². The molecule has 0 bridgehead atoms. The first-order valence-corrected chi connectivity index (χ1v) is 11.5. The maximum atomic E-state index is 14.7. The van der Waals surface area contributed by atoms with E-state index in [1.54, 1.807) is 0 Å². The van der Waals surface area contributed by atoms with Crippen molar-refractivity contribution in [3.8, 4) is 11.5 Å². The first-order valence-electron chi connectivity index (χ1n) is 11.5. The molecule has 3 aliphatic rings. The molecule has 0 N–H and O–H groups in total. The Kier molecular flexibility index (Phi) is 7.33. The van der Waals surface area contributed by atoms with Crippen LogP contribution in [0.3, 0.4) is 0 Å². The molecule has 2 saturated carbocycles. The summed E-state index contributed by atoms with van der Waals surface area (Å²) in [5.74, 6) is -3.13. The summed E-state index contributed by atoms with van der Waals surface area (Å²) in [5.41, 5.74) is 0. The van der Waals surface area contributed by atoms with Crippen LogP contribution in [0.2, 0.25) is 0 Å². The zero-order chi connectivity index (χ0) is 23.6. The third-order valence-corrected chi connectivity index (χ3v) is 7.03. The molecule has 0 radical (unpaired) electrons. The highest BCUT2D eigenvalue weighted by Crippen LogP contribution is 2.43. The first kappa shape index (κ1) is 24.4. The molecule has 4 rings (SSSR count). The van der Waals surface area contributed by atoms with Gasteiger partial charge in [0.05, 0.1) is 19.1 Å². The van der Waals surface area contributed by atoms with Gasteiger partial charge in [-0.3, -0.25) is 0 Å². The van der Waals surface area contributed by atoms with E-state index in [-0.39, 0.29) is 25.0 Å². The zero-order valence-electron chi connectivity index (χ0n) is 18.1.